The quantitative estimate of drug-likeness (QED) is 0.442. The molecule has 2 fully saturated rings. The molecule has 0 aromatic heterocycles. The molecule has 0 N–H and O–H groups in total. The third-order valence-electron chi connectivity index (χ3n) is 5.48. The van der Waals surface area contributed by atoms with Crippen LogP contribution in [0.1, 0.15) is 19.3 Å². The number of ketones is 1. The van der Waals surface area contributed by atoms with Crippen molar-refractivity contribution in [2.75, 3.05) is 0 Å². The molecule has 4 aliphatic rings. The molecular formula is C14H13F3O4S. The van der Waals surface area contributed by atoms with Crippen molar-refractivity contribution in [3.05, 3.63) is 24.0 Å². The van der Waals surface area contributed by atoms with Crippen molar-refractivity contribution in [3.8, 4) is 0 Å². The normalized spacial score (nSPS) is 38.1. The molecule has 2 saturated carbocycles. The third-order valence-corrected chi connectivity index (χ3v) is 6.48. The number of rotatable bonds is 2. The van der Waals surface area contributed by atoms with Crippen LogP contribution in [0.2, 0.25) is 0 Å². The van der Waals surface area contributed by atoms with Gasteiger partial charge in [-0.1, -0.05) is 12.2 Å². The first-order valence-electron chi connectivity index (χ1n) is 7.09. The zero-order chi connectivity index (χ0) is 15.9. The van der Waals surface area contributed by atoms with E-state index in [9.17, 15) is 26.4 Å². The summed E-state index contributed by atoms with van der Waals surface area (Å²) in [4.78, 5) is 12.4. The molecule has 120 valence electrons. The topological polar surface area (TPSA) is 60.4 Å². The van der Waals surface area contributed by atoms with Gasteiger partial charge in [-0.25, -0.2) is 0 Å². The fraction of sp³-hybridized carbons (Fsp3) is 0.643. The second-order valence-corrected chi connectivity index (χ2v) is 8.06. The molecule has 0 heterocycles. The summed E-state index contributed by atoms with van der Waals surface area (Å²) < 4.78 is 63.9. The molecule has 0 aromatic carbocycles. The van der Waals surface area contributed by atoms with Gasteiger partial charge in [0.1, 0.15) is 11.5 Å². The van der Waals surface area contributed by atoms with Gasteiger partial charge in [-0.3, -0.25) is 4.79 Å². The summed E-state index contributed by atoms with van der Waals surface area (Å²) in [5.74, 6) is -1.31. The van der Waals surface area contributed by atoms with Crippen molar-refractivity contribution >= 4 is 15.9 Å². The minimum absolute atomic E-state index is 0.00198. The Labute approximate surface area is 125 Å². The highest BCUT2D eigenvalue weighted by Gasteiger charge is 2.66. The maximum Gasteiger partial charge on any atom is 0.534 e. The Morgan fingerprint density at radius 1 is 1.18 bits per heavy atom. The van der Waals surface area contributed by atoms with Gasteiger partial charge in [-0.15, -0.1) is 0 Å². The molecule has 4 nitrogen and oxygen atoms in total. The first-order chi connectivity index (χ1) is 10.2. The van der Waals surface area contributed by atoms with Crippen LogP contribution in [0.5, 0.6) is 0 Å². The van der Waals surface area contributed by atoms with Crippen LogP contribution in [0, 0.1) is 29.1 Å². The number of hydrogen-bond acceptors (Lipinski definition) is 4. The maximum atomic E-state index is 12.4. The Kier molecular flexibility index (Phi) is 2.57. The molecule has 0 aromatic rings. The fourth-order valence-corrected chi connectivity index (χ4v) is 4.92. The van der Waals surface area contributed by atoms with E-state index >= 15 is 0 Å². The lowest BCUT2D eigenvalue weighted by molar-refractivity contribution is -0.134. The molecule has 4 atom stereocenters. The van der Waals surface area contributed by atoms with E-state index in [1.807, 2.05) is 12.2 Å². The van der Waals surface area contributed by atoms with Crippen molar-refractivity contribution < 1.29 is 30.6 Å². The Bertz CT molecular complexity index is 715. The molecule has 0 amide bonds. The second-order valence-electron chi connectivity index (χ2n) is 6.52. The molecule has 4 rings (SSSR count). The zero-order valence-electron chi connectivity index (χ0n) is 11.3. The number of alkyl halides is 3. The van der Waals surface area contributed by atoms with E-state index in [0.717, 1.165) is 12.8 Å². The standard InChI is InChI=1S/C14H13F3O4S/c15-14(16,17)22(19,20)21-7-5-8-10-1-2-11(13(10)3-4-13)9(6-7)12(8)18/h1-2,5,8-11H,3-4,6H2/t8-,9-,10+,11-/m1/s1. The largest absolute Gasteiger partial charge is 0.534 e. The van der Waals surface area contributed by atoms with Gasteiger partial charge in [0.25, 0.3) is 0 Å². The number of allylic oxidation sites excluding steroid dienone is 4. The van der Waals surface area contributed by atoms with Gasteiger partial charge in [0.2, 0.25) is 0 Å². The van der Waals surface area contributed by atoms with Crippen molar-refractivity contribution in [2.24, 2.45) is 29.1 Å². The highest BCUT2D eigenvalue weighted by molar-refractivity contribution is 7.87. The molecule has 0 aliphatic heterocycles. The lowest BCUT2D eigenvalue weighted by Gasteiger charge is -2.43. The molecule has 0 radical (unpaired) electrons. The number of halogens is 3. The molecule has 0 saturated heterocycles. The summed E-state index contributed by atoms with van der Waals surface area (Å²) in [6.45, 7) is 0. The fourth-order valence-electron chi connectivity index (χ4n) is 4.42. The first-order valence-corrected chi connectivity index (χ1v) is 8.50. The number of carbonyl (C=O) groups is 1. The van der Waals surface area contributed by atoms with E-state index in [2.05, 4.69) is 4.18 Å². The summed E-state index contributed by atoms with van der Waals surface area (Å²) in [6.07, 6.45) is 7.20. The number of Topliss-reactive ketones (excluding diaryl/α,β-unsaturated/α-hetero) is 1. The minimum atomic E-state index is -5.67. The molecule has 4 bridgehead atoms. The van der Waals surface area contributed by atoms with Crippen LogP contribution in [-0.2, 0) is 19.1 Å². The Hall–Kier alpha value is -1.31. The highest BCUT2D eigenvalue weighted by Crippen LogP contribution is 2.70. The van der Waals surface area contributed by atoms with Gasteiger partial charge >= 0.3 is 15.6 Å². The lowest BCUT2D eigenvalue weighted by Crippen LogP contribution is -2.46. The van der Waals surface area contributed by atoms with Crippen molar-refractivity contribution in [1.82, 2.24) is 0 Å². The number of carbonyl (C=O) groups excluding carboxylic acids is 1. The summed E-state index contributed by atoms with van der Waals surface area (Å²) in [6, 6.07) is 0. The van der Waals surface area contributed by atoms with E-state index in [1.165, 1.54) is 6.08 Å². The summed E-state index contributed by atoms with van der Waals surface area (Å²) >= 11 is 0. The van der Waals surface area contributed by atoms with Crippen molar-refractivity contribution in [3.63, 3.8) is 0 Å². The van der Waals surface area contributed by atoms with Gasteiger partial charge in [0.05, 0.1) is 0 Å². The van der Waals surface area contributed by atoms with Crippen LogP contribution in [0.15, 0.2) is 24.0 Å². The van der Waals surface area contributed by atoms with E-state index in [1.54, 1.807) is 0 Å². The van der Waals surface area contributed by atoms with Gasteiger partial charge in [0, 0.05) is 18.3 Å². The predicted octanol–water partition coefficient (Wildman–Crippen LogP) is 2.54. The lowest BCUT2D eigenvalue weighted by atomic mass is 9.60. The monoisotopic (exact) mass is 334 g/mol. The molecule has 22 heavy (non-hydrogen) atoms. The molecule has 4 aliphatic carbocycles. The Morgan fingerprint density at radius 2 is 1.82 bits per heavy atom. The molecule has 1 spiro atoms. The average Bonchev–Trinajstić information content (AvgIpc) is 3.06. The molecule has 8 heteroatoms. The first kappa shape index (κ1) is 14.3. The van der Waals surface area contributed by atoms with Crippen molar-refractivity contribution in [1.29, 1.82) is 0 Å². The molecule has 0 unspecified atom stereocenters. The SMILES string of the molecule is O=C1[C@@H]2C=C(OS(=O)(=O)C(F)(F)F)C[C@@H]1[C@H]1C=C[C@@H]2C12CC2. The van der Waals surface area contributed by atoms with E-state index in [4.69, 9.17) is 0 Å². The van der Waals surface area contributed by atoms with Crippen LogP contribution in [0.3, 0.4) is 0 Å². The highest BCUT2D eigenvalue weighted by atomic mass is 32.2. The Morgan fingerprint density at radius 3 is 2.41 bits per heavy atom. The number of fused-ring (bicyclic) bond motifs is 4. The second kappa shape index (κ2) is 3.96. The smallest absolute Gasteiger partial charge is 0.381 e. The summed E-state index contributed by atoms with van der Waals surface area (Å²) in [5, 5.41) is 0. The van der Waals surface area contributed by atoms with E-state index in [-0.39, 0.29) is 35.2 Å². The van der Waals surface area contributed by atoms with Crippen LogP contribution in [0.4, 0.5) is 13.2 Å². The summed E-state index contributed by atoms with van der Waals surface area (Å²) in [5.41, 5.74) is -5.38. The average molecular weight is 334 g/mol. The molecular weight excluding hydrogens is 321 g/mol. The predicted molar refractivity (Wildman–Crippen MR) is 68.5 cm³/mol. The minimum Gasteiger partial charge on any atom is -0.381 e. The van der Waals surface area contributed by atoms with Gasteiger partial charge < -0.3 is 4.18 Å². The van der Waals surface area contributed by atoms with Gasteiger partial charge in [-0.2, -0.15) is 21.6 Å². The zero-order valence-corrected chi connectivity index (χ0v) is 12.2. The van der Waals surface area contributed by atoms with Gasteiger partial charge in [-0.05, 0) is 36.2 Å². The van der Waals surface area contributed by atoms with E-state index < -0.39 is 27.5 Å². The van der Waals surface area contributed by atoms with Crippen molar-refractivity contribution in [2.45, 2.75) is 24.8 Å². The Balaban J connectivity index is 1.67. The van der Waals surface area contributed by atoms with Crippen LogP contribution < -0.4 is 0 Å². The van der Waals surface area contributed by atoms with Gasteiger partial charge in [0.15, 0.2) is 0 Å². The maximum absolute atomic E-state index is 12.4. The third kappa shape index (κ3) is 1.70. The van der Waals surface area contributed by atoms with Crippen LogP contribution >= 0.6 is 0 Å². The summed E-state index contributed by atoms with van der Waals surface area (Å²) in [7, 11) is -5.67. The van der Waals surface area contributed by atoms with Crippen LogP contribution in [-0.4, -0.2) is 19.7 Å². The van der Waals surface area contributed by atoms with Crippen LogP contribution in [0.25, 0.3) is 0 Å². The van der Waals surface area contributed by atoms with E-state index in [0.29, 0.717) is 0 Å². The number of hydrogen-bond donors (Lipinski definition) is 0.